The lowest BCUT2D eigenvalue weighted by atomic mass is 10.1. The minimum atomic E-state index is -0.582. The van der Waals surface area contributed by atoms with Gasteiger partial charge >= 0.3 is 0 Å². The van der Waals surface area contributed by atoms with E-state index < -0.39 is 11.8 Å². The number of anilines is 2. The number of amides is 2. The predicted molar refractivity (Wildman–Crippen MR) is 126 cm³/mol. The van der Waals surface area contributed by atoms with Gasteiger partial charge in [0.05, 0.1) is 10.7 Å². The number of halogens is 2. The zero-order valence-corrected chi connectivity index (χ0v) is 18.2. The quantitative estimate of drug-likeness (QED) is 0.353. The topological polar surface area (TPSA) is 91.2 Å². The van der Waals surface area contributed by atoms with Gasteiger partial charge in [-0.25, -0.2) is 0 Å². The highest BCUT2D eigenvalue weighted by Crippen LogP contribution is 2.26. The first kappa shape index (κ1) is 22.9. The highest BCUT2D eigenvalue weighted by atomic mass is 35.5. The Bertz CT molecular complexity index is 1200. The number of para-hydroxylation sites is 2. The van der Waals surface area contributed by atoms with Crippen LogP contribution in [0.3, 0.4) is 0 Å². The third-order valence-electron chi connectivity index (χ3n) is 4.18. The van der Waals surface area contributed by atoms with Gasteiger partial charge in [0.2, 0.25) is 0 Å². The second-order valence-corrected chi connectivity index (χ2v) is 7.33. The second kappa shape index (κ2) is 11.0. The minimum absolute atomic E-state index is 0.151. The van der Waals surface area contributed by atoms with Crippen molar-refractivity contribution in [1.29, 1.82) is 5.26 Å². The largest absolute Gasteiger partial charge is 0.483 e. The molecule has 3 aromatic carbocycles. The van der Waals surface area contributed by atoms with Gasteiger partial charge in [-0.05, 0) is 48.5 Å². The molecule has 0 saturated heterocycles. The third kappa shape index (κ3) is 6.35. The SMILES string of the molecule is N#C/C(=C\c1cc(Cl)ccc1OCC(=O)Nc1ccccc1Cl)C(=O)Nc1ccccc1. The summed E-state index contributed by atoms with van der Waals surface area (Å²) < 4.78 is 5.61. The van der Waals surface area contributed by atoms with Crippen LogP contribution in [0.5, 0.6) is 5.75 Å². The molecule has 6 nitrogen and oxygen atoms in total. The zero-order chi connectivity index (χ0) is 22.9. The van der Waals surface area contributed by atoms with Crippen LogP contribution in [0.1, 0.15) is 5.56 Å². The molecule has 0 spiro atoms. The van der Waals surface area contributed by atoms with E-state index >= 15 is 0 Å². The molecule has 0 aromatic heterocycles. The molecular formula is C24H17Cl2N3O3. The average molecular weight is 466 g/mol. The molecule has 0 radical (unpaired) electrons. The maximum absolute atomic E-state index is 12.5. The summed E-state index contributed by atoms with van der Waals surface area (Å²) in [6, 6.07) is 22.1. The average Bonchev–Trinajstić information content (AvgIpc) is 2.79. The van der Waals surface area contributed by atoms with Crippen LogP contribution in [0.2, 0.25) is 10.0 Å². The van der Waals surface area contributed by atoms with E-state index in [1.807, 2.05) is 12.1 Å². The van der Waals surface area contributed by atoms with Crippen LogP contribution < -0.4 is 15.4 Å². The van der Waals surface area contributed by atoms with Gasteiger partial charge in [0, 0.05) is 16.3 Å². The fourth-order valence-corrected chi connectivity index (χ4v) is 3.04. The number of ether oxygens (including phenoxy) is 1. The van der Waals surface area contributed by atoms with E-state index in [2.05, 4.69) is 10.6 Å². The Kier molecular flexibility index (Phi) is 7.87. The summed E-state index contributed by atoms with van der Waals surface area (Å²) >= 11 is 12.1. The molecule has 8 heteroatoms. The van der Waals surface area contributed by atoms with E-state index in [-0.39, 0.29) is 17.9 Å². The first-order chi connectivity index (χ1) is 15.5. The summed E-state index contributed by atoms with van der Waals surface area (Å²) in [4.78, 5) is 24.7. The molecule has 160 valence electrons. The second-order valence-electron chi connectivity index (χ2n) is 6.49. The molecule has 2 amide bonds. The molecule has 0 aliphatic rings. The standard InChI is InChI=1S/C24H17Cl2N3O3/c25-18-10-11-22(32-15-23(30)29-21-9-5-4-8-20(21)26)16(13-18)12-17(14-27)24(31)28-19-6-2-1-3-7-19/h1-13H,15H2,(H,28,31)(H,29,30)/b17-12+. The Hall–Kier alpha value is -3.79. The first-order valence-electron chi connectivity index (χ1n) is 9.41. The van der Waals surface area contributed by atoms with Crippen LogP contribution in [0.4, 0.5) is 11.4 Å². The molecule has 0 bridgehead atoms. The first-order valence-corrected chi connectivity index (χ1v) is 10.2. The van der Waals surface area contributed by atoms with Crippen molar-refractivity contribution in [2.45, 2.75) is 0 Å². The highest BCUT2D eigenvalue weighted by molar-refractivity contribution is 6.33. The Morgan fingerprint density at radius 3 is 2.41 bits per heavy atom. The molecule has 32 heavy (non-hydrogen) atoms. The number of hydrogen-bond acceptors (Lipinski definition) is 4. The lowest BCUT2D eigenvalue weighted by Crippen LogP contribution is -2.20. The number of benzene rings is 3. The predicted octanol–water partition coefficient (Wildman–Crippen LogP) is 5.56. The Morgan fingerprint density at radius 2 is 1.69 bits per heavy atom. The number of nitrogens with one attached hydrogen (secondary N) is 2. The number of carbonyl (C=O) groups is 2. The van der Waals surface area contributed by atoms with Crippen LogP contribution in [-0.4, -0.2) is 18.4 Å². The summed E-state index contributed by atoms with van der Waals surface area (Å²) in [5, 5.41) is 15.6. The molecule has 0 aliphatic heterocycles. The molecule has 3 rings (SSSR count). The fourth-order valence-electron chi connectivity index (χ4n) is 2.68. The van der Waals surface area contributed by atoms with Crippen molar-refractivity contribution >= 4 is 52.5 Å². The number of carbonyl (C=O) groups excluding carboxylic acids is 2. The van der Waals surface area contributed by atoms with Crippen LogP contribution in [-0.2, 0) is 9.59 Å². The van der Waals surface area contributed by atoms with Crippen LogP contribution in [0.15, 0.2) is 78.4 Å². The molecule has 2 N–H and O–H groups in total. The van der Waals surface area contributed by atoms with Gasteiger partial charge in [0.25, 0.3) is 11.8 Å². The Labute approximate surface area is 195 Å². The molecule has 0 heterocycles. The monoisotopic (exact) mass is 465 g/mol. The van der Waals surface area contributed by atoms with E-state index in [1.165, 1.54) is 12.1 Å². The number of nitrogens with zero attached hydrogens (tertiary/aromatic N) is 1. The van der Waals surface area contributed by atoms with Gasteiger partial charge in [-0.3, -0.25) is 9.59 Å². The molecule has 0 saturated carbocycles. The van der Waals surface area contributed by atoms with E-state index in [9.17, 15) is 14.9 Å². The van der Waals surface area contributed by atoms with Crippen molar-refractivity contribution in [3.05, 3.63) is 94.0 Å². The molecule has 0 fully saturated rings. The van der Waals surface area contributed by atoms with Gasteiger partial charge in [0.15, 0.2) is 6.61 Å². The van der Waals surface area contributed by atoms with E-state index in [4.69, 9.17) is 27.9 Å². The maximum atomic E-state index is 12.5. The zero-order valence-electron chi connectivity index (χ0n) is 16.6. The molecular weight excluding hydrogens is 449 g/mol. The van der Waals surface area contributed by atoms with Crippen molar-refractivity contribution < 1.29 is 14.3 Å². The van der Waals surface area contributed by atoms with Crippen molar-refractivity contribution in [2.24, 2.45) is 0 Å². The van der Waals surface area contributed by atoms with Gasteiger partial charge in [-0.2, -0.15) is 5.26 Å². The smallest absolute Gasteiger partial charge is 0.266 e. The maximum Gasteiger partial charge on any atom is 0.266 e. The van der Waals surface area contributed by atoms with E-state index in [1.54, 1.807) is 60.7 Å². The Balaban J connectivity index is 1.75. The van der Waals surface area contributed by atoms with Gasteiger partial charge < -0.3 is 15.4 Å². The van der Waals surface area contributed by atoms with Crippen LogP contribution in [0.25, 0.3) is 6.08 Å². The summed E-state index contributed by atoms with van der Waals surface area (Å²) in [5.74, 6) is -0.727. The molecule has 0 aliphatic carbocycles. The number of hydrogen-bond donors (Lipinski definition) is 2. The Morgan fingerprint density at radius 1 is 0.969 bits per heavy atom. The van der Waals surface area contributed by atoms with E-state index in [0.29, 0.717) is 27.0 Å². The third-order valence-corrected chi connectivity index (χ3v) is 4.74. The highest BCUT2D eigenvalue weighted by Gasteiger charge is 2.13. The van der Waals surface area contributed by atoms with Gasteiger partial charge in [0.1, 0.15) is 17.4 Å². The number of nitriles is 1. The lowest BCUT2D eigenvalue weighted by Gasteiger charge is -2.11. The summed E-state index contributed by atoms with van der Waals surface area (Å²) in [5.41, 5.74) is 1.24. The summed E-state index contributed by atoms with van der Waals surface area (Å²) in [6.45, 7) is -0.314. The lowest BCUT2D eigenvalue weighted by molar-refractivity contribution is -0.118. The van der Waals surface area contributed by atoms with Crippen molar-refractivity contribution in [3.8, 4) is 11.8 Å². The van der Waals surface area contributed by atoms with Crippen molar-refractivity contribution in [3.63, 3.8) is 0 Å². The minimum Gasteiger partial charge on any atom is -0.483 e. The number of rotatable bonds is 7. The normalized spacial score (nSPS) is 10.7. The van der Waals surface area contributed by atoms with Gasteiger partial charge in [-0.1, -0.05) is 53.5 Å². The fraction of sp³-hybridized carbons (Fsp3) is 0.0417. The van der Waals surface area contributed by atoms with E-state index in [0.717, 1.165) is 0 Å². The van der Waals surface area contributed by atoms with Gasteiger partial charge in [-0.15, -0.1) is 0 Å². The summed E-state index contributed by atoms with van der Waals surface area (Å²) in [6.07, 6.45) is 1.35. The van der Waals surface area contributed by atoms with Crippen LogP contribution >= 0.6 is 23.2 Å². The van der Waals surface area contributed by atoms with Crippen LogP contribution in [0, 0.1) is 11.3 Å². The summed E-state index contributed by atoms with van der Waals surface area (Å²) in [7, 11) is 0. The van der Waals surface area contributed by atoms with Crippen molar-refractivity contribution in [2.75, 3.05) is 17.2 Å². The van der Waals surface area contributed by atoms with Crippen molar-refractivity contribution in [1.82, 2.24) is 0 Å². The molecule has 0 atom stereocenters. The molecule has 3 aromatic rings. The molecule has 0 unspecified atom stereocenters.